The summed E-state index contributed by atoms with van der Waals surface area (Å²) in [5, 5.41) is 18.1. The van der Waals surface area contributed by atoms with Crippen molar-refractivity contribution >= 4 is 17.8 Å². The van der Waals surface area contributed by atoms with Crippen molar-refractivity contribution in [1.82, 2.24) is 30.5 Å². The first-order chi connectivity index (χ1) is 20.7. The van der Waals surface area contributed by atoms with E-state index in [0.717, 1.165) is 11.1 Å². The van der Waals surface area contributed by atoms with Crippen molar-refractivity contribution in [3.05, 3.63) is 102 Å². The normalized spacial score (nSPS) is 21.9. The summed E-state index contributed by atoms with van der Waals surface area (Å²) in [4.78, 5) is 42.4. The van der Waals surface area contributed by atoms with Gasteiger partial charge in [-0.15, -0.1) is 6.58 Å². The molecule has 4 amide bonds. The van der Waals surface area contributed by atoms with Gasteiger partial charge in [0.1, 0.15) is 18.5 Å². The lowest BCUT2D eigenvalue weighted by atomic mass is 9.98. The Bertz CT molecular complexity index is 1320. The van der Waals surface area contributed by atoms with Crippen molar-refractivity contribution in [3.8, 4) is 5.75 Å². The molecule has 0 aromatic heterocycles. The molecule has 2 heterocycles. The smallest absolute Gasteiger partial charge is 0.334 e. The fraction of sp³-hybridized carbons (Fsp3) is 0.344. The summed E-state index contributed by atoms with van der Waals surface area (Å²) in [6.07, 6.45) is 6.94. The molecule has 2 fully saturated rings. The Kier molecular flexibility index (Phi) is 10.7. The standard InChI is InChI=1S/C25H33N7O3.C7H8O/c1-3-11-30-16-24(34)31-17-23(33)29(14-19-9-10-21(27-2)20(26)12-19)15-22(31)32(30)25(35)28-13-18-7-5-4-6-8-18;1-6-2-4-7(8)5-3-6/h3-10,12,20-22,27H,1,11,13-17,26H2,2H3,(H,28,35);2-5,8H,1H3. The molecule has 11 nitrogen and oxygen atoms in total. The Morgan fingerprint density at radius 1 is 1.09 bits per heavy atom. The molecule has 2 aromatic carbocycles. The van der Waals surface area contributed by atoms with Gasteiger partial charge in [0.15, 0.2) is 0 Å². The summed E-state index contributed by atoms with van der Waals surface area (Å²) in [6.45, 7) is 6.93. The highest BCUT2D eigenvalue weighted by Gasteiger charge is 2.46. The summed E-state index contributed by atoms with van der Waals surface area (Å²) in [5.74, 6) is -0.0155. The number of amides is 4. The minimum absolute atomic E-state index is 0.00269. The molecule has 3 atom stereocenters. The third-order valence-corrected chi connectivity index (χ3v) is 7.54. The van der Waals surface area contributed by atoms with Crippen LogP contribution in [-0.2, 0) is 16.1 Å². The average Bonchev–Trinajstić information content (AvgIpc) is 2.99. The van der Waals surface area contributed by atoms with E-state index in [1.807, 2.05) is 74.7 Å². The van der Waals surface area contributed by atoms with Gasteiger partial charge in [0.05, 0.1) is 13.1 Å². The number of hydrogen-bond acceptors (Lipinski definition) is 7. The fourth-order valence-electron chi connectivity index (χ4n) is 5.22. The lowest BCUT2D eigenvalue weighted by molar-refractivity contribution is -0.179. The minimum atomic E-state index is -0.614. The van der Waals surface area contributed by atoms with Crippen LogP contribution in [0, 0.1) is 6.92 Å². The second-order valence-corrected chi connectivity index (χ2v) is 10.7. The molecule has 5 N–H and O–H groups in total. The zero-order valence-electron chi connectivity index (χ0n) is 24.7. The minimum Gasteiger partial charge on any atom is -0.508 e. The molecule has 2 saturated heterocycles. The predicted octanol–water partition coefficient (Wildman–Crippen LogP) is 1.72. The molecular weight excluding hydrogens is 546 g/mol. The Labute approximate surface area is 252 Å². The molecule has 0 spiro atoms. The topological polar surface area (TPSA) is 134 Å². The maximum Gasteiger partial charge on any atom is 0.334 e. The molecule has 2 aromatic rings. The van der Waals surface area contributed by atoms with Gasteiger partial charge in [-0.05, 0) is 37.2 Å². The van der Waals surface area contributed by atoms with E-state index in [9.17, 15) is 14.4 Å². The van der Waals surface area contributed by atoms with Gasteiger partial charge >= 0.3 is 6.03 Å². The van der Waals surface area contributed by atoms with E-state index < -0.39 is 6.17 Å². The number of hydrazine groups is 1. The third kappa shape index (κ3) is 8.10. The van der Waals surface area contributed by atoms with Gasteiger partial charge in [0.25, 0.3) is 0 Å². The number of fused-ring (bicyclic) bond motifs is 1. The van der Waals surface area contributed by atoms with E-state index in [1.165, 1.54) is 10.5 Å². The zero-order valence-corrected chi connectivity index (χ0v) is 24.7. The molecule has 0 radical (unpaired) electrons. The summed E-state index contributed by atoms with van der Waals surface area (Å²) in [7, 11) is 1.85. The van der Waals surface area contributed by atoms with Crippen LogP contribution in [0.1, 0.15) is 11.1 Å². The van der Waals surface area contributed by atoms with Crippen molar-refractivity contribution in [1.29, 1.82) is 0 Å². The van der Waals surface area contributed by atoms with Crippen molar-refractivity contribution in [2.24, 2.45) is 5.73 Å². The molecule has 228 valence electrons. The molecule has 3 aliphatic rings. The largest absolute Gasteiger partial charge is 0.508 e. The number of nitrogens with zero attached hydrogens (tertiary/aromatic N) is 4. The molecule has 3 unspecified atom stereocenters. The number of nitrogens with two attached hydrogens (primary N) is 1. The Balaban J connectivity index is 0.000000458. The van der Waals surface area contributed by atoms with Crippen LogP contribution < -0.4 is 16.4 Å². The number of carbonyl (C=O) groups excluding carboxylic acids is 3. The van der Waals surface area contributed by atoms with Crippen LogP contribution in [0.15, 0.2) is 91.1 Å². The summed E-state index contributed by atoms with van der Waals surface area (Å²) in [6, 6.07) is 16.2. The molecule has 43 heavy (non-hydrogen) atoms. The molecule has 11 heteroatoms. The number of aromatic hydroxyl groups is 1. The second-order valence-electron chi connectivity index (χ2n) is 10.7. The van der Waals surface area contributed by atoms with Crippen molar-refractivity contribution in [2.75, 3.05) is 39.8 Å². The van der Waals surface area contributed by atoms with Gasteiger partial charge in [-0.2, -0.15) is 0 Å². The van der Waals surface area contributed by atoms with Gasteiger partial charge in [0.2, 0.25) is 11.8 Å². The van der Waals surface area contributed by atoms with Crippen molar-refractivity contribution in [2.45, 2.75) is 31.7 Å². The highest BCUT2D eigenvalue weighted by Crippen LogP contribution is 2.24. The van der Waals surface area contributed by atoms with Crippen LogP contribution in [0.2, 0.25) is 0 Å². The highest BCUT2D eigenvalue weighted by atomic mass is 16.3. The number of benzene rings is 2. The maximum atomic E-state index is 13.4. The number of phenolic OH excluding ortho intramolecular Hbond substituents is 1. The van der Waals surface area contributed by atoms with Crippen molar-refractivity contribution in [3.63, 3.8) is 0 Å². The molecule has 1 aliphatic carbocycles. The van der Waals surface area contributed by atoms with Crippen molar-refractivity contribution < 1.29 is 19.5 Å². The van der Waals surface area contributed by atoms with Gasteiger partial charge < -0.3 is 31.3 Å². The van der Waals surface area contributed by atoms with Crippen LogP contribution in [0.3, 0.4) is 0 Å². The fourth-order valence-corrected chi connectivity index (χ4v) is 5.22. The van der Waals surface area contributed by atoms with E-state index >= 15 is 0 Å². The summed E-state index contributed by atoms with van der Waals surface area (Å²) < 4.78 is 0. The number of piperazine rings is 1. The first-order valence-corrected chi connectivity index (χ1v) is 14.3. The molecular formula is C32H41N7O4. The first kappa shape index (κ1) is 31.5. The van der Waals surface area contributed by atoms with E-state index in [4.69, 9.17) is 10.8 Å². The first-order valence-electron chi connectivity index (χ1n) is 14.3. The quantitative estimate of drug-likeness (QED) is 0.363. The number of nitrogens with one attached hydrogen (secondary N) is 2. The van der Waals surface area contributed by atoms with Crippen LogP contribution >= 0.6 is 0 Å². The van der Waals surface area contributed by atoms with E-state index in [2.05, 4.69) is 17.2 Å². The Hall–Kier alpha value is -4.45. The second kappa shape index (κ2) is 14.6. The molecule has 0 bridgehead atoms. The average molecular weight is 588 g/mol. The molecule has 2 aliphatic heterocycles. The summed E-state index contributed by atoms with van der Waals surface area (Å²) >= 11 is 0. The van der Waals surface area contributed by atoms with Gasteiger partial charge in [-0.1, -0.05) is 72.3 Å². The van der Waals surface area contributed by atoms with E-state index in [1.54, 1.807) is 33.1 Å². The number of phenols is 1. The Morgan fingerprint density at radius 3 is 2.44 bits per heavy atom. The predicted molar refractivity (Wildman–Crippen MR) is 165 cm³/mol. The lowest BCUT2D eigenvalue weighted by Gasteiger charge is -2.52. The number of hydrogen-bond donors (Lipinski definition) is 4. The number of carbonyl (C=O) groups is 3. The number of rotatable bonds is 7. The van der Waals surface area contributed by atoms with Crippen LogP contribution in [0.5, 0.6) is 5.75 Å². The number of urea groups is 1. The highest BCUT2D eigenvalue weighted by molar-refractivity contribution is 5.89. The monoisotopic (exact) mass is 587 g/mol. The summed E-state index contributed by atoms with van der Waals surface area (Å²) in [5.41, 5.74) is 9.28. The SMILES string of the molecule is C=CCN1CC(=O)N2CC(=O)N(CC3=CC(N)C(NC)C=C3)CC2N1C(=O)NCc1ccccc1.Cc1ccc(O)cc1. The van der Waals surface area contributed by atoms with Crippen LogP contribution in [-0.4, -0.2) is 101 Å². The number of likely N-dealkylation sites (N-methyl/N-ethyl adjacent to an activating group) is 1. The van der Waals surface area contributed by atoms with Gasteiger partial charge in [-0.25, -0.2) is 14.8 Å². The lowest BCUT2D eigenvalue weighted by Crippen LogP contribution is -2.74. The van der Waals surface area contributed by atoms with E-state index in [-0.39, 0.29) is 49.6 Å². The number of aryl methyl sites for hydroxylation is 1. The maximum absolute atomic E-state index is 13.4. The van der Waals surface area contributed by atoms with Crippen LogP contribution in [0.4, 0.5) is 4.79 Å². The Morgan fingerprint density at radius 2 is 1.81 bits per heavy atom. The molecule has 0 saturated carbocycles. The van der Waals surface area contributed by atoms with Gasteiger partial charge in [-0.3, -0.25) is 9.59 Å². The van der Waals surface area contributed by atoms with Crippen LogP contribution in [0.25, 0.3) is 0 Å². The zero-order chi connectivity index (χ0) is 30.9. The van der Waals surface area contributed by atoms with E-state index in [0.29, 0.717) is 25.4 Å². The molecule has 5 rings (SSSR count). The third-order valence-electron chi connectivity index (χ3n) is 7.54. The van der Waals surface area contributed by atoms with Gasteiger partial charge in [0, 0.05) is 31.7 Å².